The predicted octanol–water partition coefficient (Wildman–Crippen LogP) is 3.06. The fourth-order valence-electron chi connectivity index (χ4n) is 3.53. The van der Waals surface area contributed by atoms with E-state index in [2.05, 4.69) is 11.0 Å². The van der Waals surface area contributed by atoms with Crippen molar-refractivity contribution in [2.24, 2.45) is 0 Å². The number of aliphatic hydroxyl groups excluding tert-OH is 2. The fraction of sp³-hybridized carbons (Fsp3) is 0.700. The first-order valence-electron chi connectivity index (χ1n) is 9.26. The average molecular weight is 335 g/mol. The maximum atomic E-state index is 10.4. The molecule has 0 heterocycles. The highest BCUT2D eigenvalue weighted by molar-refractivity contribution is 5.35. The first kappa shape index (κ1) is 19.2. The number of benzene rings is 1. The van der Waals surface area contributed by atoms with Gasteiger partial charge in [-0.2, -0.15) is 0 Å². The standard InChI is InChI=1S/C20H33NO3/c1-15-9-10-16(2)20(11-15)24-14-19(23)13-21(12-17(3)22)18-7-5-4-6-8-18/h9-11,17-19,22-23H,4-8,12-14H2,1-3H3. The Bertz CT molecular complexity index is 498. The second-order valence-corrected chi connectivity index (χ2v) is 7.33. The van der Waals surface area contributed by atoms with E-state index < -0.39 is 6.10 Å². The summed E-state index contributed by atoms with van der Waals surface area (Å²) in [5.74, 6) is 0.841. The third kappa shape index (κ3) is 6.08. The predicted molar refractivity (Wildman–Crippen MR) is 97.5 cm³/mol. The lowest BCUT2D eigenvalue weighted by molar-refractivity contribution is 0.0218. The Labute approximate surface area is 146 Å². The number of aliphatic hydroxyl groups is 2. The number of hydrogen-bond donors (Lipinski definition) is 2. The molecule has 2 N–H and O–H groups in total. The number of aryl methyl sites for hydroxylation is 2. The zero-order valence-electron chi connectivity index (χ0n) is 15.4. The van der Waals surface area contributed by atoms with Crippen LogP contribution in [0.25, 0.3) is 0 Å². The van der Waals surface area contributed by atoms with Crippen LogP contribution in [0.5, 0.6) is 5.75 Å². The molecule has 4 nitrogen and oxygen atoms in total. The number of hydrogen-bond acceptors (Lipinski definition) is 4. The average Bonchev–Trinajstić information content (AvgIpc) is 2.55. The van der Waals surface area contributed by atoms with E-state index in [4.69, 9.17) is 4.74 Å². The van der Waals surface area contributed by atoms with Gasteiger partial charge in [-0.15, -0.1) is 0 Å². The van der Waals surface area contributed by atoms with Gasteiger partial charge in [-0.25, -0.2) is 0 Å². The summed E-state index contributed by atoms with van der Waals surface area (Å²) in [7, 11) is 0. The molecular formula is C20H33NO3. The molecule has 4 heteroatoms. The van der Waals surface area contributed by atoms with Crippen LogP contribution in [0.2, 0.25) is 0 Å². The van der Waals surface area contributed by atoms with Crippen molar-refractivity contribution in [2.45, 2.75) is 71.1 Å². The van der Waals surface area contributed by atoms with E-state index in [0.29, 0.717) is 19.1 Å². The molecule has 1 fully saturated rings. The summed E-state index contributed by atoms with van der Waals surface area (Å²) in [5, 5.41) is 20.2. The van der Waals surface area contributed by atoms with Crippen molar-refractivity contribution in [1.82, 2.24) is 4.90 Å². The minimum atomic E-state index is -0.550. The number of rotatable bonds is 8. The van der Waals surface area contributed by atoms with Crippen LogP contribution in [-0.2, 0) is 0 Å². The Morgan fingerprint density at radius 2 is 1.83 bits per heavy atom. The topological polar surface area (TPSA) is 52.9 Å². The second kappa shape index (κ2) is 9.40. The molecule has 1 aromatic rings. The smallest absolute Gasteiger partial charge is 0.122 e. The SMILES string of the molecule is Cc1ccc(C)c(OCC(O)CN(CC(C)O)C2CCCCC2)c1. The molecule has 1 aromatic carbocycles. The normalized spacial score (nSPS) is 18.6. The summed E-state index contributed by atoms with van der Waals surface area (Å²) in [4.78, 5) is 2.25. The van der Waals surface area contributed by atoms with Crippen molar-refractivity contribution < 1.29 is 14.9 Å². The van der Waals surface area contributed by atoms with Crippen molar-refractivity contribution >= 4 is 0 Å². The minimum absolute atomic E-state index is 0.285. The third-order valence-corrected chi connectivity index (χ3v) is 4.81. The van der Waals surface area contributed by atoms with Crippen LogP contribution in [-0.4, -0.2) is 53.1 Å². The molecule has 24 heavy (non-hydrogen) atoms. The van der Waals surface area contributed by atoms with Gasteiger partial charge in [-0.3, -0.25) is 4.90 Å². The Hall–Kier alpha value is -1.10. The molecule has 2 unspecified atom stereocenters. The maximum absolute atomic E-state index is 10.4. The van der Waals surface area contributed by atoms with Crippen molar-refractivity contribution in [3.05, 3.63) is 29.3 Å². The van der Waals surface area contributed by atoms with Gasteiger partial charge in [0.05, 0.1) is 6.10 Å². The summed E-state index contributed by atoms with van der Waals surface area (Å²) >= 11 is 0. The summed E-state index contributed by atoms with van der Waals surface area (Å²) < 4.78 is 5.83. The monoisotopic (exact) mass is 335 g/mol. The van der Waals surface area contributed by atoms with Gasteiger partial charge >= 0.3 is 0 Å². The van der Waals surface area contributed by atoms with Crippen LogP contribution in [0.3, 0.4) is 0 Å². The van der Waals surface area contributed by atoms with Gasteiger partial charge in [-0.1, -0.05) is 31.4 Å². The summed E-state index contributed by atoms with van der Waals surface area (Å²) in [6.07, 6.45) is 5.20. The highest BCUT2D eigenvalue weighted by atomic mass is 16.5. The van der Waals surface area contributed by atoms with Crippen LogP contribution in [0, 0.1) is 13.8 Å². The summed E-state index contributed by atoms with van der Waals surface area (Å²) in [6, 6.07) is 6.59. The number of ether oxygens (including phenoxy) is 1. The first-order chi connectivity index (χ1) is 11.5. The molecule has 0 aromatic heterocycles. The van der Waals surface area contributed by atoms with Gasteiger partial charge in [0.15, 0.2) is 0 Å². The molecule has 1 aliphatic carbocycles. The molecule has 0 aliphatic heterocycles. The molecule has 1 saturated carbocycles. The first-order valence-corrected chi connectivity index (χ1v) is 9.26. The van der Waals surface area contributed by atoms with Gasteiger partial charge in [0.25, 0.3) is 0 Å². The van der Waals surface area contributed by atoms with E-state index in [1.807, 2.05) is 32.9 Å². The zero-order valence-corrected chi connectivity index (χ0v) is 15.4. The highest BCUT2D eigenvalue weighted by Gasteiger charge is 2.24. The van der Waals surface area contributed by atoms with E-state index in [1.165, 1.54) is 19.3 Å². The minimum Gasteiger partial charge on any atom is -0.491 e. The lowest BCUT2D eigenvalue weighted by Crippen LogP contribution is -2.46. The molecule has 0 spiro atoms. The second-order valence-electron chi connectivity index (χ2n) is 7.33. The molecule has 0 bridgehead atoms. The Morgan fingerprint density at radius 1 is 1.12 bits per heavy atom. The highest BCUT2D eigenvalue weighted by Crippen LogP contribution is 2.23. The van der Waals surface area contributed by atoms with Crippen molar-refractivity contribution in [3.63, 3.8) is 0 Å². The van der Waals surface area contributed by atoms with Crippen molar-refractivity contribution in [2.75, 3.05) is 19.7 Å². The van der Waals surface area contributed by atoms with Crippen LogP contribution in [0.1, 0.15) is 50.2 Å². The summed E-state index contributed by atoms with van der Waals surface area (Å²) in [6.45, 7) is 7.33. The lowest BCUT2D eigenvalue weighted by Gasteiger charge is -2.36. The number of nitrogens with zero attached hydrogens (tertiary/aromatic N) is 1. The lowest BCUT2D eigenvalue weighted by atomic mass is 9.93. The Balaban J connectivity index is 1.89. The van der Waals surface area contributed by atoms with E-state index in [-0.39, 0.29) is 12.7 Å². The van der Waals surface area contributed by atoms with Gasteiger partial charge in [-0.05, 0) is 50.8 Å². The van der Waals surface area contributed by atoms with Gasteiger partial charge in [0, 0.05) is 19.1 Å². The molecule has 0 amide bonds. The van der Waals surface area contributed by atoms with Gasteiger partial charge < -0.3 is 14.9 Å². The molecular weight excluding hydrogens is 302 g/mol. The van der Waals surface area contributed by atoms with Crippen LogP contribution >= 0.6 is 0 Å². The molecule has 1 aliphatic rings. The molecule has 2 rings (SSSR count). The molecule has 136 valence electrons. The Morgan fingerprint density at radius 3 is 2.50 bits per heavy atom. The van der Waals surface area contributed by atoms with E-state index in [1.54, 1.807) is 0 Å². The quantitative estimate of drug-likeness (QED) is 0.767. The molecule has 2 atom stereocenters. The fourth-order valence-corrected chi connectivity index (χ4v) is 3.53. The van der Waals surface area contributed by atoms with E-state index >= 15 is 0 Å². The van der Waals surface area contributed by atoms with E-state index in [9.17, 15) is 10.2 Å². The summed E-state index contributed by atoms with van der Waals surface area (Å²) in [5.41, 5.74) is 2.24. The maximum Gasteiger partial charge on any atom is 0.122 e. The zero-order chi connectivity index (χ0) is 17.5. The van der Waals surface area contributed by atoms with Crippen LogP contribution < -0.4 is 4.74 Å². The molecule has 0 saturated heterocycles. The Kier molecular flexibility index (Phi) is 7.53. The van der Waals surface area contributed by atoms with E-state index in [0.717, 1.165) is 29.7 Å². The third-order valence-electron chi connectivity index (χ3n) is 4.81. The van der Waals surface area contributed by atoms with Gasteiger partial charge in [0.2, 0.25) is 0 Å². The van der Waals surface area contributed by atoms with Crippen LogP contribution in [0.15, 0.2) is 18.2 Å². The van der Waals surface area contributed by atoms with Crippen molar-refractivity contribution in [1.29, 1.82) is 0 Å². The molecule has 0 radical (unpaired) electrons. The van der Waals surface area contributed by atoms with Crippen molar-refractivity contribution in [3.8, 4) is 5.75 Å². The largest absolute Gasteiger partial charge is 0.491 e. The van der Waals surface area contributed by atoms with Crippen LogP contribution in [0.4, 0.5) is 0 Å². The van der Waals surface area contributed by atoms with Gasteiger partial charge in [0.1, 0.15) is 18.5 Å².